The van der Waals surface area contributed by atoms with Gasteiger partial charge in [-0.15, -0.1) is 0 Å². The second kappa shape index (κ2) is 10.2. The van der Waals surface area contributed by atoms with Crippen molar-refractivity contribution in [2.45, 2.75) is 43.4 Å². The molecule has 6 heteroatoms. The van der Waals surface area contributed by atoms with Crippen molar-refractivity contribution in [1.82, 2.24) is 5.01 Å². The Morgan fingerprint density at radius 3 is 1.59 bits per heavy atom. The van der Waals surface area contributed by atoms with Crippen LogP contribution in [0.15, 0.2) is 101 Å². The standard InChI is InChI=1S/C33H32N2O4/c1-38-29-14-13-22(19-30(29)39-2)31-32-25(15-23(17-27(32)36)20-9-5-3-6-10-20)35(34)26-16-24(18-28(37)33(26)31)21-11-7-4-8-12-21/h3-14,19,23-24,31H,15-18,34H2,1-2H3. The van der Waals surface area contributed by atoms with Gasteiger partial charge in [0.25, 0.3) is 0 Å². The number of nitrogens with two attached hydrogens (primary N) is 1. The number of Topliss-reactive ketones (excluding diaryl/α,β-unsaturated/α-hetero) is 2. The van der Waals surface area contributed by atoms with Gasteiger partial charge in [-0.25, -0.2) is 5.84 Å². The highest BCUT2D eigenvalue weighted by Gasteiger charge is 2.46. The summed E-state index contributed by atoms with van der Waals surface area (Å²) >= 11 is 0. The fourth-order valence-electron chi connectivity index (χ4n) is 6.53. The number of carbonyl (C=O) groups is 2. The number of nitrogens with zero attached hydrogens (tertiary/aromatic N) is 1. The zero-order valence-electron chi connectivity index (χ0n) is 22.2. The monoisotopic (exact) mass is 520 g/mol. The molecule has 6 nitrogen and oxygen atoms in total. The van der Waals surface area contributed by atoms with Crippen LogP contribution in [0, 0.1) is 0 Å². The molecule has 0 aromatic heterocycles. The minimum Gasteiger partial charge on any atom is -0.493 e. The number of ketones is 2. The zero-order valence-corrected chi connectivity index (χ0v) is 22.2. The normalized spacial score (nSPS) is 22.9. The van der Waals surface area contributed by atoms with Gasteiger partial charge in [0.2, 0.25) is 0 Å². The summed E-state index contributed by atoms with van der Waals surface area (Å²) in [6, 6.07) is 25.9. The lowest BCUT2D eigenvalue weighted by atomic mass is 9.67. The van der Waals surface area contributed by atoms with Gasteiger partial charge in [0.15, 0.2) is 23.1 Å². The number of rotatable bonds is 5. The van der Waals surface area contributed by atoms with E-state index < -0.39 is 5.92 Å². The number of hydrazine groups is 1. The molecule has 3 aliphatic rings. The highest BCUT2D eigenvalue weighted by molar-refractivity contribution is 6.07. The molecule has 0 saturated heterocycles. The number of ether oxygens (including phenoxy) is 2. The molecule has 6 rings (SSSR count). The van der Waals surface area contributed by atoms with Crippen LogP contribution in [0.25, 0.3) is 0 Å². The second-order valence-corrected chi connectivity index (χ2v) is 10.5. The van der Waals surface area contributed by atoms with Crippen LogP contribution < -0.4 is 15.3 Å². The molecule has 0 spiro atoms. The minimum atomic E-state index is -0.497. The summed E-state index contributed by atoms with van der Waals surface area (Å²) in [6.07, 6.45) is 2.02. The van der Waals surface area contributed by atoms with Gasteiger partial charge in [-0.05, 0) is 53.5 Å². The average molecular weight is 521 g/mol. The van der Waals surface area contributed by atoms with Gasteiger partial charge in [0.05, 0.1) is 14.2 Å². The Kier molecular flexibility index (Phi) is 6.57. The lowest BCUT2D eigenvalue weighted by Crippen LogP contribution is -2.44. The quantitative estimate of drug-likeness (QED) is 0.430. The highest BCUT2D eigenvalue weighted by atomic mass is 16.5. The lowest BCUT2D eigenvalue weighted by molar-refractivity contribution is -0.117. The summed E-state index contributed by atoms with van der Waals surface area (Å²) in [6.45, 7) is 0. The van der Waals surface area contributed by atoms with Crippen molar-refractivity contribution in [2.75, 3.05) is 14.2 Å². The molecule has 0 radical (unpaired) electrons. The van der Waals surface area contributed by atoms with Crippen LogP contribution in [0.2, 0.25) is 0 Å². The maximum atomic E-state index is 14.0. The summed E-state index contributed by atoms with van der Waals surface area (Å²) in [7, 11) is 3.18. The van der Waals surface area contributed by atoms with Gasteiger partial charge in [0.1, 0.15) is 0 Å². The number of hydrogen-bond acceptors (Lipinski definition) is 6. The largest absolute Gasteiger partial charge is 0.493 e. The molecule has 1 heterocycles. The SMILES string of the molecule is COc1ccc(C2C3=C(CC(c4ccccc4)CC3=O)N(N)C3=C2C(=O)CC(c2ccccc2)C3)cc1OC. The van der Waals surface area contributed by atoms with Gasteiger partial charge in [-0.2, -0.15) is 0 Å². The first-order valence-electron chi connectivity index (χ1n) is 13.4. The highest BCUT2D eigenvalue weighted by Crippen LogP contribution is 2.52. The molecule has 2 N–H and O–H groups in total. The minimum absolute atomic E-state index is 0.0286. The van der Waals surface area contributed by atoms with Crippen molar-refractivity contribution in [2.24, 2.45) is 5.84 Å². The van der Waals surface area contributed by atoms with Gasteiger partial charge < -0.3 is 9.47 Å². The van der Waals surface area contributed by atoms with Crippen molar-refractivity contribution < 1.29 is 19.1 Å². The van der Waals surface area contributed by atoms with Crippen LogP contribution in [0.4, 0.5) is 0 Å². The predicted molar refractivity (Wildman–Crippen MR) is 149 cm³/mol. The molecular formula is C33H32N2O4. The van der Waals surface area contributed by atoms with E-state index in [1.54, 1.807) is 19.2 Å². The van der Waals surface area contributed by atoms with Crippen LogP contribution in [0.1, 0.15) is 60.1 Å². The molecule has 0 amide bonds. The van der Waals surface area contributed by atoms with E-state index in [2.05, 4.69) is 24.3 Å². The molecule has 1 aliphatic heterocycles. The zero-order chi connectivity index (χ0) is 27.1. The van der Waals surface area contributed by atoms with E-state index in [0.29, 0.717) is 48.3 Å². The molecule has 2 unspecified atom stereocenters. The number of carbonyl (C=O) groups excluding carboxylic acids is 2. The molecule has 3 aromatic carbocycles. The number of benzene rings is 3. The summed E-state index contributed by atoms with van der Waals surface area (Å²) < 4.78 is 11.1. The number of hydrogen-bond donors (Lipinski definition) is 1. The van der Waals surface area contributed by atoms with Crippen LogP contribution >= 0.6 is 0 Å². The van der Waals surface area contributed by atoms with Crippen molar-refractivity contribution >= 4 is 11.6 Å². The molecule has 3 aromatic rings. The van der Waals surface area contributed by atoms with Crippen LogP contribution in [0.5, 0.6) is 11.5 Å². The summed E-state index contributed by atoms with van der Waals surface area (Å²) in [5, 5.41) is 1.67. The maximum Gasteiger partial charge on any atom is 0.162 e. The Morgan fingerprint density at radius 2 is 1.13 bits per heavy atom. The molecule has 0 saturated carbocycles. The summed E-state index contributed by atoms with van der Waals surface area (Å²) in [4.78, 5) is 27.9. The predicted octanol–water partition coefficient (Wildman–Crippen LogP) is 5.78. The van der Waals surface area contributed by atoms with E-state index in [0.717, 1.165) is 28.1 Å². The van der Waals surface area contributed by atoms with Crippen molar-refractivity contribution in [3.05, 3.63) is 118 Å². The molecule has 2 aliphatic carbocycles. The smallest absolute Gasteiger partial charge is 0.162 e. The summed E-state index contributed by atoms with van der Waals surface area (Å²) in [5.74, 6) is 7.64. The maximum absolute atomic E-state index is 14.0. The third kappa shape index (κ3) is 4.35. The molecule has 198 valence electrons. The molecular weight excluding hydrogens is 488 g/mol. The lowest BCUT2D eigenvalue weighted by Gasteiger charge is -2.44. The third-order valence-electron chi connectivity index (χ3n) is 8.41. The Morgan fingerprint density at radius 1 is 0.641 bits per heavy atom. The number of methoxy groups -OCH3 is 2. The third-order valence-corrected chi connectivity index (χ3v) is 8.41. The molecule has 0 fully saturated rings. The number of allylic oxidation sites excluding steroid dienone is 4. The average Bonchev–Trinajstić information content (AvgIpc) is 2.98. The second-order valence-electron chi connectivity index (χ2n) is 10.5. The van der Waals surface area contributed by atoms with E-state index in [1.807, 2.05) is 54.6 Å². The van der Waals surface area contributed by atoms with Crippen LogP contribution in [-0.2, 0) is 9.59 Å². The van der Waals surface area contributed by atoms with Gasteiger partial charge >= 0.3 is 0 Å². The summed E-state index contributed by atoms with van der Waals surface area (Å²) in [5.41, 5.74) is 5.94. The van der Waals surface area contributed by atoms with Gasteiger partial charge in [0, 0.05) is 41.3 Å². The van der Waals surface area contributed by atoms with Crippen LogP contribution in [-0.4, -0.2) is 30.8 Å². The Hall–Kier alpha value is -4.16. The topological polar surface area (TPSA) is 81.9 Å². The van der Waals surface area contributed by atoms with Crippen molar-refractivity contribution in [3.8, 4) is 11.5 Å². The fourth-order valence-corrected chi connectivity index (χ4v) is 6.53. The van der Waals surface area contributed by atoms with Crippen molar-refractivity contribution in [1.29, 1.82) is 0 Å². The Labute approximate surface area is 228 Å². The first kappa shape index (κ1) is 25.1. The van der Waals surface area contributed by atoms with Crippen molar-refractivity contribution in [3.63, 3.8) is 0 Å². The van der Waals surface area contributed by atoms with Crippen LogP contribution in [0.3, 0.4) is 0 Å². The molecule has 0 bridgehead atoms. The Balaban J connectivity index is 1.50. The van der Waals surface area contributed by atoms with E-state index in [9.17, 15) is 9.59 Å². The molecule has 2 atom stereocenters. The van der Waals surface area contributed by atoms with E-state index in [4.69, 9.17) is 15.3 Å². The first-order valence-corrected chi connectivity index (χ1v) is 13.4. The molecule has 39 heavy (non-hydrogen) atoms. The van der Waals surface area contributed by atoms with Gasteiger partial charge in [-0.3, -0.25) is 14.6 Å². The first-order chi connectivity index (χ1) is 19.0. The van der Waals surface area contributed by atoms with E-state index in [-0.39, 0.29) is 23.4 Å². The Bertz CT molecular complexity index is 1410. The van der Waals surface area contributed by atoms with Gasteiger partial charge in [-0.1, -0.05) is 66.7 Å². The van der Waals surface area contributed by atoms with E-state index in [1.165, 1.54) is 0 Å². The van der Waals surface area contributed by atoms with E-state index >= 15 is 0 Å². The fraction of sp³-hybridized carbons (Fsp3) is 0.273.